The standard InChI is InChI=1S/C16H25F2N3O.HI/c1-5-19-16(21-12(4)11(2)3)20-10-13-7-6-8-14(9-13)22-15(17)18;/h6-9,11-12,15H,5,10H2,1-4H3,(H2,19,20,21);1H. The molecule has 0 saturated carbocycles. The fourth-order valence-corrected chi connectivity index (χ4v) is 1.69. The minimum atomic E-state index is -2.82. The number of benzene rings is 1. The van der Waals surface area contributed by atoms with E-state index in [-0.39, 0.29) is 35.8 Å². The van der Waals surface area contributed by atoms with Gasteiger partial charge in [0.1, 0.15) is 5.75 Å². The van der Waals surface area contributed by atoms with Crippen LogP contribution in [-0.2, 0) is 6.54 Å². The highest BCUT2D eigenvalue weighted by Gasteiger charge is 2.09. The van der Waals surface area contributed by atoms with Crippen LogP contribution in [0.1, 0.15) is 33.3 Å². The van der Waals surface area contributed by atoms with Crippen LogP contribution in [0.3, 0.4) is 0 Å². The van der Waals surface area contributed by atoms with Crippen molar-refractivity contribution in [2.45, 2.75) is 46.9 Å². The van der Waals surface area contributed by atoms with Gasteiger partial charge in [-0.15, -0.1) is 24.0 Å². The fourth-order valence-electron chi connectivity index (χ4n) is 1.69. The number of rotatable bonds is 7. The number of hydrogen-bond acceptors (Lipinski definition) is 2. The molecule has 1 atom stereocenters. The lowest BCUT2D eigenvalue weighted by Gasteiger charge is -2.20. The van der Waals surface area contributed by atoms with Crippen molar-refractivity contribution >= 4 is 29.9 Å². The molecular formula is C16H26F2IN3O. The van der Waals surface area contributed by atoms with Gasteiger partial charge >= 0.3 is 6.61 Å². The van der Waals surface area contributed by atoms with E-state index in [1.165, 1.54) is 6.07 Å². The van der Waals surface area contributed by atoms with Crippen LogP contribution in [-0.4, -0.2) is 25.2 Å². The van der Waals surface area contributed by atoms with E-state index in [9.17, 15) is 8.78 Å². The van der Waals surface area contributed by atoms with Crippen molar-refractivity contribution in [1.29, 1.82) is 0 Å². The molecule has 1 aromatic rings. The molecule has 132 valence electrons. The molecular weight excluding hydrogens is 415 g/mol. The molecule has 1 rings (SSSR count). The van der Waals surface area contributed by atoms with E-state index in [1.54, 1.807) is 12.1 Å². The number of nitrogens with zero attached hydrogens (tertiary/aromatic N) is 1. The van der Waals surface area contributed by atoms with Gasteiger partial charge in [-0.05, 0) is 37.5 Å². The van der Waals surface area contributed by atoms with Crippen LogP contribution >= 0.6 is 24.0 Å². The summed E-state index contributed by atoms with van der Waals surface area (Å²) in [7, 11) is 0. The molecule has 0 bridgehead atoms. The van der Waals surface area contributed by atoms with Gasteiger partial charge in [0.15, 0.2) is 5.96 Å². The van der Waals surface area contributed by atoms with Crippen LogP contribution in [0.4, 0.5) is 8.78 Å². The van der Waals surface area contributed by atoms with Crippen molar-refractivity contribution in [3.8, 4) is 5.75 Å². The van der Waals surface area contributed by atoms with E-state index in [2.05, 4.69) is 41.1 Å². The van der Waals surface area contributed by atoms with Gasteiger partial charge in [0.05, 0.1) is 6.54 Å². The molecule has 0 saturated heterocycles. The minimum Gasteiger partial charge on any atom is -0.435 e. The highest BCUT2D eigenvalue weighted by molar-refractivity contribution is 14.0. The summed E-state index contributed by atoms with van der Waals surface area (Å²) in [6.07, 6.45) is 0. The topological polar surface area (TPSA) is 45.7 Å². The van der Waals surface area contributed by atoms with Crippen LogP contribution in [0.25, 0.3) is 0 Å². The minimum absolute atomic E-state index is 0. The zero-order valence-electron chi connectivity index (χ0n) is 14.0. The smallest absolute Gasteiger partial charge is 0.387 e. The first-order valence-electron chi connectivity index (χ1n) is 7.51. The molecule has 0 spiro atoms. The molecule has 7 heteroatoms. The Hall–Kier alpha value is -1.12. The van der Waals surface area contributed by atoms with Gasteiger partial charge in [-0.3, -0.25) is 0 Å². The van der Waals surface area contributed by atoms with Gasteiger partial charge in [0.25, 0.3) is 0 Å². The molecule has 23 heavy (non-hydrogen) atoms. The van der Waals surface area contributed by atoms with Crippen LogP contribution in [0.5, 0.6) is 5.75 Å². The highest BCUT2D eigenvalue weighted by Crippen LogP contribution is 2.16. The first kappa shape index (κ1) is 21.9. The van der Waals surface area contributed by atoms with Crippen molar-refractivity contribution in [3.63, 3.8) is 0 Å². The van der Waals surface area contributed by atoms with E-state index >= 15 is 0 Å². The quantitative estimate of drug-likeness (QED) is 0.382. The molecule has 1 aromatic carbocycles. The second-order valence-electron chi connectivity index (χ2n) is 5.40. The van der Waals surface area contributed by atoms with Gasteiger partial charge in [-0.25, -0.2) is 4.99 Å². The molecule has 0 aliphatic rings. The lowest BCUT2D eigenvalue weighted by atomic mass is 10.1. The molecule has 0 aromatic heterocycles. The number of halogens is 3. The maximum absolute atomic E-state index is 12.2. The van der Waals surface area contributed by atoms with E-state index < -0.39 is 6.61 Å². The number of aliphatic imine (C=N–C) groups is 1. The molecule has 0 amide bonds. The van der Waals surface area contributed by atoms with Crippen molar-refractivity contribution in [2.24, 2.45) is 10.9 Å². The zero-order valence-corrected chi connectivity index (χ0v) is 16.3. The number of ether oxygens (including phenoxy) is 1. The average Bonchev–Trinajstić information content (AvgIpc) is 2.44. The largest absolute Gasteiger partial charge is 0.435 e. The Bertz CT molecular complexity index is 484. The molecule has 0 radical (unpaired) electrons. The number of alkyl halides is 2. The summed E-state index contributed by atoms with van der Waals surface area (Å²) in [5, 5.41) is 6.50. The van der Waals surface area contributed by atoms with Crippen molar-refractivity contribution in [2.75, 3.05) is 6.54 Å². The normalized spacial score (nSPS) is 12.8. The third-order valence-electron chi connectivity index (χ3n) is 3.25. The Labute approximate surface area is 154 Å². The highest BCUT2D eigenvalue weighted by atomic mass is 127. The Balaban J connectivity index is 0.00000484. The Kier molecular flexibility index (Phi) is 10.9. The summed E-state index contributed by atoms with van der Waals surface area (Å²) >= 11 is 0. The predicted molar refractivity (Wildman–Crippen MR) is 101 cm³/mol. The second-order valence-corrected chi connectivity index (χ2v) is 5.40. The monoisotopic (exact) mass is 441 g/mol. The number of guanidine groups is 1. The molecule has 4 nitrogen and oxygen atoms in total. The number of hydrogen-bond donors (Lipinski definition) is 2. The molecule has 0 heterocycles. The third kappa shape index (κ3) is 8.92. The summed E-state index contributed by atoms with van der Waals surface area (Å²) in [4.78, 5) is 4.48. The summed E-state index contributed by atoms with van der Waals surface area (Å²) in [5.74, 6) is 1.34. The van der Waals surface area contributed by atoms with Gasteiger partial charge in [-0.2, -0.15) is 8.78 Å². The van der Waals surface area contributed by atoms with Gasteiger partial charge in [0, 0.05) is 12.6 Å². The molecule has 2 N–H and O–H groups in total. The second kappa shape index (κ2) is 11.4. The van der Waals surface area contributed by atoms with E-state index in [0.29, 0.717) is 18.4 Å². The summed E-state index contributed by atoms with van der Waals surface area (Å²) in [5.41, 5.74) is 0.813. The van der Waals surface area contributed by atoms with E-state index in [4.69, 9.17) is 0 Å². The lowest BCUT2D eigenvalue weighted by molar-refractivity contribution is -0.0498. The van der Waals surface area contributed by atoms with Gasteiger partial charge in [-0.1, -0.05) is 26.0 Å². The predicted octanol–water partition coefficient (Wildman–Crippen LogP) is 4.01. The zero-order chi connectivity index (χ0) is 16.5. The summed E-state index contributed by atoms with van der Waals surface area (Å²) in [6, 6.07) is 6.87. The van der Waals surface area contributed by atoms with Gasteiger partial charge in [0.2, 0.25) is 0 Å². The Morgan fingerprint density at radius 1 is 1.26 bits per heavy atom. The summed E-state index contributed by atoms with van der Waals surface area (Å²) < 4.78 is 28.8. The van der Waals surface area contributed by atoms with Crippen LogP contribution in [0.2, 0.25) is 0 Å². The average molecular weight is 441 g/mol. The SMILES string of the molecule is CCNC(=NCc1cccc(OC(F)F)c1)NC(C)C(C)C.I. The van der Waals surface area contributed by atoms with Crippen LogP contribution in [0, 0.1) is 5.92 Å². The van der Waals surface area contributed by atoms with Gasteiger partial charge < -0.3 is 15.4 Å². The van der Waals surface area contributed by atoms with Crippen LogP contribution < -0.4 is 15.4 Å². The fraction of sp³-hybridized carbons (Fsp3) is 0.562. The first-order chi connectivity index (χ1) is 10.4. The number of nitrogens with one attached hydrogen (secondary N) is 2. The molecule has 0 aliphatic carbocycles. The maximum Gasteiger partial charge on any atom is 0.387 e. The third-order valence-corrected chi connectivity index (χ3v) is 3.25. The Morgan fingerprint density at radius 3 is 2.52 bits per heavy atom. The maximum atomic E-state index is 12.2. The van der Waals surface area contributed by atoms with E-state index in [1.807, 2.05) is 13.0 Å². The molecule has 1 unspecified atom stereocenters. The van der Waals surface area contributed by atoms with Crippen molar-refractivity contribution in [1.82, 2.24) is 10.6 Å². The lowest BCUT2D eigenvalue weighted by Crippen LogP contribution is -2.44. The van der Waals surface area contributed by atoms with E-state index in [0.717, 1.165) is 12.1 Å². The summed E-state index contributed by atoms with van der Waals surface area (Å²) in [6.45, 7) is 6.68. The van der Waals surface area contributed by atoms with Crippen LogP contribution in [0.15, 0.2) is 29.3 Å². The first-order valence-corrected chi connectivity index (χ1v) is 7.51. The Morgan fingerprint density at radius 2 is 1.96 bits per heavy atom. The molecule has 0 aliphatic heterocycles. The molecule has 0 fully saturated rings. The van der Waals surface area contributed by atoms with Crippen molar-refractivity contribution < 1.29 is 13.5 Å². The van der Waals surface area contributed by atoms with Crippen molar-refractivity contribution in [3.05, 3.63) is 29.8 Å².